The van der Waals surface area contributed by atoms with E-state index >= 15 is 0 Å². The molecule has 0 atom stereocenters. The van der Waals surface area contributed by atoms with Gasteiger partial charge in [0.05, 0.1) is 49.8 Å². The van der Waals surface area contributed by atoms with Crippen LogP contribution in [-0.4, -0.2) is 18.3 Å². The first kappa shape index (κ1) is 80.5. The summed E-state index contributed by atoms with van der Waals surface area (Å²) >= 11 is 0. The quantitative estimate of drug-likeness (QED) is 0.0908. The van der Waals surface area contributed by atoms with E-state index in [4.69, 9.17) is 0 Å². The molecule has 652 valence electrons. The second-order valence-electron chi connectivity index (χ2n) is 37.5. The fraction of sp³-hybridized carbons (Fsp3) is 0.0226. The van der Waals surface area contributed by atoms with Crippen molar-refractivity contribution in [2.45, 2.75) is 19.3 Å². The van der Waals surface area contributed by atoms with E-state index < -0.39 is 0 Å². The Hall–Kier alpha value is -18.1. The Balaban J connectivity index is 0.493. The number of benzene rings is 22. The second kappa shape index (κ2) is 32.6. The Morgan fingerprint density at radius 1 is 0.158 bits per heavy atom. The molecule has 27 rings (SSSR count). The molecule has 0 aliphatic heterocycles. The minimum atomic E-state index is -0.317. The molecule has 139 heavy (non-hydrogen) atoms. The molecule has 0 amide bonds. The molecule has 22 aromatic carbocycles. The van der Waals surface area contributed by atoms with Gasteiger partial charge in [-0.15, -0.1) is 0 Å². The van der Waals surface area contributed by atoms with E-state index in [0.717, 1.165) is 118 Å². The summed E-state index contributed by atoms with van der Waals surface area (Å²) in [4.78, 5) is 4.85. The zero-order chi connectivity index (χ0) is 91.9. The maximum absolute atomic E-state index is 2.46. The Bertz CT molecular complexity index is 9340. The zero-order valence-corrected chi connectivity index (χ0v) is 76.7. The van der Waals surface area contributed by atoms with Gasteiger partial charge in [-0.2, -0.15) is 0 Å². The molecule has 0 radical (unpaired) electrons. The van der Waals surface area contributed by atoms with Crippen LogP contribution in [0.1, 0.15) is 25.0 Å². The standard InChI is InChI=1S/C133H90N6/c1-133(2)122-83-99(98-64-79-130-121(82-98)117-38-17-21-42-128(117)137(130)103-29-8-4-9-30-103)60-74-112(122)113-77-73-110(86-123(113)133)134(105-65-52-89(53-66-105)87-44-48-91(49-45-87)100-61-75-118-114-35-14-18-39-125(114)138(131(118)84-100)104-31-10-5-11-32-104)106-67-56-93(57-68-106)96-26-22-33-109(80-96)139-126-40-19-15-36-115(126)119-76-62-101(85-132(119)139)92-50-46-88(47-51-92)90-54-69-107(70-55-90)135(124-43-23-25-95-24-12-13-34-111(95)124)108-71-58-94(59-72-108)97-63-78-129-120(81-97)116-37-16-20-41-127(116)136(129)102-27-6-3-7-28-102/h3-86H,1-2H3. The molecule has 6 nitrogen and oxygen atoms in total. The Labute approximate surface area is 806 Å². The minimum absolute atomic E-state index is 0.317. The molecular weight excluding hydrogens is 1680 g/mol. The molecule has 0 unspecified atom stereocenters. The highest BCUT2D eigenvalue weighted by molar-refractivity contribution is 6.15. The first-order chi connectivity index (χ1) is 68.7. The highest BCUT2D eigenvalue weighted by atomic mass is 15.2. The van der Waals surface area contributed by atoms with Crippen LogP contribution in [0.3, 0.4) is 0 Å². The first-order valence-electron chi connectivity index (χ1n) is 48.1. The number of nitrogens with zero attached hydrogens (tertiary/aromatic N) is 6. The summed E-state index contributed by atoms with van der Waals surface area (Å²) in [5.74, 6) is 0. The van der Waals surface area contributed by atoms with Gasteiger partial charge in [0.15, 0.2) is 0 Å². The van der Waals surface area contributed by atoms with Crippen LogP contribution in [0.5, 0.6) is 0 Å². The van der Waals surface area contributed by atoms with Gasteiger partial charge < -0.3 is 28.1 Å². The van der Waals surface area contributed by atoms with E-state index in [1.165, 1.54) is 137 Å². The summed E-state index contributed by atoms with van der Waals surface area (Å²) < 4.78 is 9.62. The zero-order valence-electron chi connectivity index (χ0n) is 76.7. The molecule has 0 saturated heterocycles. The third kappa shape index (κ3) is 13.5. The largest absolute Gasteiger partial charge is 0.310 e. The highest BCUT2D eigenvalue weighted by Gasteiger charge is 2.37. The van der Waals surface area contributed by atoms with Gasteiger partial charge in [0.2, 0.25) is 0 Å². The van der Waals surface area contributed by atoms with E-state index in [1.54, 1.807) is 0 Å². The summed E-state index contributed by atoms with van der Waals surface area (Å²) in [6, 6.07) is 189. The Kier molecular flexibility index (Phi) is 18.9. The normalized spacial score (nSPS) is 12.3. The molecule has 6 heteroatoms. The van der Waals surface area contributed by atoms with Crippen molar-refractivity contribution in [1.29, 1.82) is 0 Å². The lowest BCUT2D eigenvalue weighted by Crippen LogP contribution is -2.16. The van der Waals surface area contributed by atoms with Gasteiger partial charge in [0.1, 0.15) is 0 Å². The van der Waals surface area contributed by atoms with Crippen LogP contribution >= 0.6 is 0 Å². The fourth-order valence-corrected chi connectivity index (χ4v) is 22.5. The van der Waals surface area contributed by atoms with Crippen molar-refractivity contribution in [3.05, 3.63) is 521 Å². The van der Waals surface area contributed by atoms with E-state index in [1.807, 2.05) is 0 Å². The highest BCUT2D eigenvalue weighted by Crippen LogP contribution is 2.54. The van der Waals surface area contributed by atoms with Gasteiger partial charge in [-0.1, -0.05) is 341 Å². The van der Waals surface area contributed by atoms with Crippen molar-refractivity contribution >= 4 is 132 Å². The molecule has 4 aromatic heterocycles. The average Bonchev–Trinajstić information content (AvgIpc) is 1.58. The number of para-hydroxylation sites is 7. The molecule has 0 spiro atoms. The van der Waals surface area contributed by atoms with E-state index in [0.29, 0.717) is 0 Å². The minimum Gasteiger partial charge on any atom is -0.310 e. The molecule has 1 aliphatic rings. The molecule has 0 bridgehead atoms. The maximum atomic E-state index is 2.46. The molecule has 1 aliphatic carbocycles. The van der Waals surface area contributed by atoms with Crippen molar-refractivity contribution in [2.75, 3.05) is 9.80 Å². The van der Waals surface area contributed by atoms with Gasteiger partial charge in [0.25, 0.3) is 0 Å². The lowest BCUT2D eigenvalue weighted by Gasteiger charge is -2.28. The second-order valence-corrected chi connectivity index (χ2v) is 37.5. The Morgan fingerprint density at radius 3 is 0.885 bits per heavy atom. The first-order valence-corrected chi connectivity index (χ1v) is 48.1. The molecule has 0 N–H and O–H groups in total. The third-order valence-corrected chi connectivity index (χ3v) is 29.4. The average molecular weight is 1770 g/mol. The van der Waals surface area contributed by atoms with Crippen LogP contribution in [0.4, 0.5) is 34.1 Å². The van der Waals surface area contributed by atoms with Gasteiger partial charge in [-0.25, -0.2) is 0 Å². The maximum Gasteiger partial charge on any atom is 0.0547 e. The summed E-state index contributed by atoms with van der Waals surface area (Å²) in [5, 5.41) is 12.3. The van der Waals surface area contributed by atoms with Gasteiger partial charge >= 0.3 is 0 Å². The number of hydrogen-bond donors (Lipinski definition) is 0. The van der Waals surface area contributed by atoms with Gasteiger partial charge in [0, 0.05) is 105 Å². The molecular formula is C133H90N6. The van der Waals surface area contributed by atoms with Gasteiger partial charge in [-0.3, -0.25) is 0 Å². The fourth-order valence-electron chi connectivity index (χ4n) is 22.5. The van der Waals surface area contributed by atoms with Crippen LogP contribution < -0.4 is 9.80 Å². The topological polar surface area (TPSA) is 26.2 Å². The molecule has 26 aromatic rings. The number of rotatable bonds is 17. The van der Waals surface area contributed by atoms with Crippen molar-refractivity contribution in [2.24, 2.45) is 0 Å². The van der Waals surface area contributed by atoms with Crippen molar-refractivity contribution < 1.29 is 0 Å². The van der Waals surface area contributed by atoms with E-state index in [-0.39, 0.29) is 5.41 Å². The number of aromatic nitrogens is 4. The van der Waals surface area contributed by atoms with Crippen LogP contribution in [0.15, 0.2) is 510 Å². The Morgan fingerprint density at radius 2 is 0.432 bits per heavy atom. The SMILES string of the molecule is CC1(C)c2cc(-c3ccc4c(c3)c3ccccc3n4-c3ccccc3)ccc2-c2ccc(N(c3ccc(-c4ccc(-c5ccc6c7ccccc7n(-c7ccccc7)c6c5)cc4)cc3)c3ccc(-c4cccc(-n5c6ccccc6c6ccc(-c7ccc(-c8ccc(N(c9ccc(-c%10ccc%11c(c%10)c%10ccccc%10n%11-c%10ccccc%10)cc9)c9cccc%10ccccc9%10)cc8)cc7)cc65)c4)cc3)cc21. The number of anilines is 6. The predicted molar refractivity (Wildman–Crippen MR) is 586 cm³/mol. The molecule has 0 fully saturated rings. The molecule has 4 heterocycles. The summed E-state index contributed by atoms with van der Waals surface area (Å²) in [6.45, 7) is 4.82. The summed E-state index contributed by atoms with van der Waals surface area (Å²) in [6.07, 6.45) is 0. The smallest absolute Gasteiger partial charge is 0.0547 e. The predicted octanol–water partition coefficient (Wildman–Crippen LogP) is 36.1. The van der Waals surface area contributed by atoms with Crippen LogP contribution in [0, 0.1) is 0 Å². The van der Waals surface area contributed by atoms with E-state index in [2.05, 4.69) is 551 Å². The van der Waals surface area contributed by atoms with Gasteiger partial charge in [-0.05, 0) is 288 Å². The van der Waals surface area contributed by atoms with Crippen molar-refractivity contribution in [1.82, 2.24) is 18.3 Å². The lowest BCUT2D eigenvalue weighted by molar-refractivity contribution is 0.660. The molecule has 0 saturated carbocycles. The summed E-state index contributed by atoms with van der Waals surface area (Å²) in [7, 11) is 0. The third-order valence-electron chi connectivity index (χ3n) is 29.4. The van der Waals surface area contributed by atoms with Crippen LogP contribution in [-0.2, 0) is 5.41 Å². The lowest BCUT2D eigenvalue weighted by atomic mass is 9.81. The van der Waals surface area contributed by atoms with E-state index in [9.17, 15) is 0 Å². The number of fused-ring (bicyclic) bond motifs is 16. The summed E-state index contributed by atoms with van der Waals surface area (Å²) in [5.41, 5.74) is 41.7. The monoisotopic (exact) mass is 1770 g/mol. The van der Waals surface area contributed by atoms with Crippen molar-refractivity contribution in [3.8, 4) is 112 Å². The number of hydrogen-bond acceptors (Lipinski definition) is 2. The van der Waals surface area contributed by atoms with Crippen LogP contribution in [0.2, 0.25) is 0 Å². The van der Waals surface area contributed by atoms with Crippen molar-refractivity contribution in [3.63, 3.8) is 0 Å². The van der Waals surface area contributed by atoms with Crippen LogP contribution in [0.25, 0.3) is 210 Å².